The van der Waals surface area contributed by atoms with E-state index in [0.717, 1.165) is 16.7 Å². The number of benzene rings is 1. The Bertz CT molecular complexity index is 557. The molecule has 0 atom stereocenters. The first kappa shape index (κ1) is 15.5. The van der Waals surface area contributed by atoms with Crippen molar-refractivity contribution >= 4 is 11.9 Å². The van der Waals surface area contributed by atoms with Gasteiger partial charge in [0.1, 0.15) is 0 Å². The highest BCUT2D eigenvalue weighted by atomic mass is 16.4. The van der Waals surface area contributed by atoms with Crippen molar-refractivity contribution in [1.29, 1.82) is 0 Å². The van der Waals surface area contributed by atoms with E-state index in [-0.39, 0.29) is 5.91 Å². The molecule has 0 bridgehead atoms. The van der Waals surface area contributed by atoms with E-state index in [0.29, 0.717) is 32.4 Å². The van der Waals surface area contributed by atoms with E-state index in [9.17, 15) is 14.7 Å². The zero-order chi connectivity index (χ0) is 15.6. The van der Waals surface area contributed by atoms with Crippen LogP contribution in [0.25, 0.3) is 0 Å². The summed E-state index contributed by atoms with van der Waals surface area (Å²) in [6.07, 6.45) is 1.69. The average Bonchev–Trinajstić information content (AvgIpc) is 2.46. The summed E-state index contributed by atoms with van der Waals surface area (Å²) in [6, 6.07) is 5.81. The number of carbonyl (C=O) groups excluding carboxylic acids is 1. The van der Waals surface area contributed by atoms with Crippen LogP contribution in [0, 0.1) is 19.3 Å². The number of piperidine rings is 1. The largest absolute Gasteiger partial charge is 0.481 e. The Balaban J connectivity index is 2.12. The molecule has 0 spiro atoms. The SMILES string of the molecule is CCC1(C(=O)O)CCN(C(=O)c2ccc(C)cc2C)CC1. The Morgan fingerprint density at radius 1 is 1.24 bits per heavy atom. The molecule has 0 saturated carbocycles. The van der Waals surface area contributed by atoms with Crippen LogP contribution in [0.1, 0.15) is 47.7 Å². The molecule has 0 aliphatic carbocycles. The van der Waals surface area contributed by atoms with Crippen molar-refractivity contribution in [1.82, 2.24) is 4.90 Å². The summed E-state index contributed by atoms with van der Waals surface area (Å²) in [7, 11) is 0. The minimum atomic E-state index is -0.733. The maximum absolute atomic E-state index is 12.6. The first-order valence-corrected chi connectivity index (χ1v) is 7.49. The Morgan fingerprint density at radius 3 is 2.33 bits per heavy atom. The molecule has 0 unspecified atom stereocenters. The molecule has 1 fully saturated rings. The third-order valence-corrected chi connectivity index (χ3v) is 4.75. The highest BCUT2D eigenvalue weighted by molar-refractivity contribution is 5.96. The summed E-state index contributed by atoms with van der Waals surface area (Å²) in [5, 5.41) is 9.40. The van der Waals surface area contributed by atoms with Crippen LogP contribution < -0.4 is 0 Å². The van der Waals surface area contributed by atoms with E-state index in [2.05, 4.69) is 0 Å². The fourth-order valence-electron chi connectivity index (χ4n) is 3.08. The highest BCUT2D eigenvalue weighted by Crippen LogP contribution is 2.35. The molecule has 1 aromatic carbocycles. The Morgan fingerprint density at radius 2 is 1.86 bits per heavy atom. The lowest BCUT2D eigenvalue weighted by atomic mass is 9.76. The lowest BCUT2D eigenvalue weighted by molar-refractivity contribution is -0.152. The topological polar surface area (TPSA) is 57.6 Å². The molecule has 4 nitrogen and oxygen atoms in total. The van der Waals surface area contributed by atoms with E-state index < -0.39 is 11.4 Å². The molecule has 1 saturated heterocycles. The van der Waals surface area contributed by atoms with Crippen molar-refractivity contribution in [3.63, 3.8) is 0 Å². The van der Waals surface area contributed by atoms with Crippen LogP contribution in [-0.2, 0) is 4.79 Å². The summed E-state index contributed by atoms with van der Waals surface area (Å²) >= 11 is 0. The van der Waals surface area contributed by atoms with Gasteiger partial charge in [-0.05, 0) is 44.7 Å². The lowest BCUT2D eigenvalue weighted by Crippen LogP contribution is -2.46. The highest BCUT2D eigenvalue weighted by Gasteiger charge is 2.40. The maximum Gasteiger partial charge on any atom is 0.309 e. The standard InChI is InChI=1S/C17H23NO3/c1-4-17(16(20)21)7-9-18(10-8-17)15(19)14-6-5-12(2)11-13(14)3/h5-6,11H,4,7-10H2,1-3H3,(H,20,21). The fraction of sp³-hybridized carbons (Fsp3) is 0.529. The summed E-state index contributed by atoms with van der Waals surface area (Å²) in [4.78, 5) is 25.8. The van der Waals surface area contributed by atoms with E-state index in [1.54, 1.807) is 4.90 Å². The zero-order valence-corrected chi connectivity index (χ0v) is 13.0. The van der Waals surface area contributed by atoms with Crippen LogP contribution in [0.5, 0.6) is 0 Å². The number of amides is 1. The van der Waals surface area contributed by atoms with Gasteiger partial charge in [-0.3, -0.25) is 9.59 Å². The van der Waals surface area contributed by atoms with Crippen molar-refractivity contribution in [3.8, 4) is 0 Å². The number of carbonyl (C=O) groups is 2. The minimum absolute atomic E-state index is 0.0163. The summed E-state index contributed by atoms with van der Waals surface area (Å²) in [6.45, 7) is 6.90. The normalized spacial score (nSPS) is 17.6. The second kappa shape index (κ2) is 5.88. The van der Waals surface area contributed by atoms with Gasteiger partial charge in [-0.1, -0.05) is 24.6 Å². The molecule has 0 aromatic heterocycles. The number of aryl methyl sites for hydroxylation is 2. The van der Waals surface area contributed by atoms with Gasteiger partial charge in [0.25, 0.3) is 5.91 Å². The van der Waals surface area contributed by atoms with Gasteiger partial charge in [-0.2, -0.15) is 0 Å². The fourth-order valence-corrected chi connectivity index (χ4v) is 3.08. The van der Waals surface area contributed by atoms with Crippen LogP contribution in [0.2, 0.25) is 0 Å². The molecular formula is C17H23NO3. The molecule has 4 heteroatoms. The van der Waals surface area contributed by atoms with Crippen LogP contribution in [0.15, 0.2) is 18.2 Å². The molecular weight excluding hydrogens is 266 g/mol. The summed E-state index contributed by atoms with van der Waals surface area (Å²) in [5.41, 5.74) is 2.18. The number of hydrogen-bond acceptors (Lipinski definition) is 2. The first-order chi connectivity index (χ1) is 9.89. The average molecular weight is 289 g/mol. The van der Waals surface area contributed by atoms with Crippen LogP contribution in [0.3, 0.4) is 0 Å². The minimum Gasteiger partial charge on any atom is -0.481 e. The smallest absolute Gasteiger partial charge is 0.309 e. The van der Waals surface area contributed by atoms with Gasteiger partial charge in [-0.15, -0.1) is 0 Å². The Labute approximate surface area is 125 Å². The Kier molecular flexibility index (Phi) is 4.35. The van der Waals surface area contributed by atoms with Gasteiger partial charge in [0, 0.05) is 18.7 Å². The van der Waals surface area contributed by atoms with Gasteiger partial charge in [0.15, 0.2) is 0 Å². The van der Waals surface area contributed by atoms with Gasteiger partial charge in [0.2, 0.25) is 0 Å². The number of carboxylic acids is 1. The molecule has 21 heavy (non-hydrogen) atoms. The van der Waals surface area contributed by atoms with Gasteiger partial charge in [0.05, 0.1) is 5.41 Å². The number of nitrogens with zero attached hydrogens (tertiary/aromatic N) is 1. The lowest BCUT2D eigenvalue weighted by Gasteiger charge is -2.38. The Hall–Kier alpha value is -1.84. The van der Waals surface area contributed by atoms with E-state index in [1.807, 2.05) is 39.0 Å². The summed E-state index contributed by atoms with van der Waals surface area (Å²) < 4.78 is 0. The second-order valence-corrected chi connectivity index (χ2v) is 6.05. The van der Waals surface area contributed by atoms with Crippen molar-refractivity contribution in [2.24, 2.45) is 5.41 Å². The molecule has 1 heterocycles. The molecule has 1 aromatic rings. The van der Waals surface area contributed by atoms with Crippen molar-refractivity contribution in [2.45, 2.75) is 40.0 Å². The molecule has 0 radical (unpaired) electrons. The first-order valence-electron chi connectivity index (χ1n) is 7.49. The zero-order valence-electron chi connectivity index (χ0n) is 13.0. The molecule has 2 rings (SSSR count). The number of aliphatic carboxylic acids is 1. The molecule has 114 valence electrons. The second-order valence-electron chi connectivity index (χ2n) is 6.05. The van der Waals surface area contributed by atoms with Crippen LogP contribution in [-0.4, -0.2) is 35.0 Å². The predicted octanol–water partition coefficient (Wildman–Crippen LogP) is 3.02. The molecule has 1 amide bonds. The number of carboxylic acid groups (broad SMARTS) is 1. The van der Waals surface area contributed by atoms with Crippen molar-refractivity contribution in [2.75, 3.05) is 13.1 Å². The maximum atomic E-state index is 12.6. The predicted molar refractivity (Wildman–Crippen MR) is 81.4 cm³/mol. The van der Waals surface area contributed by atoms with Crippen molar-refractivity contribution < 1.29 is 14.7 Å². The number of hydrogen-bond donors (Lipinski definition) is 1. The van der Waals surface area contributed by atoms with E-state index >= 15 is 0 Å². The quantitative estimate of drug-likeness (QED) is 0.930. The number of rotatable bonds is 3. The van der Waals surface area contributed by atoms with Crippen LogP contribution in [0.4, 0.5) is 0 Å². The third-order valence-electron chi connectivity index (χ3n) is 4.75. The van der Waals surface area contributed by atoms with Gasteiger partial charge >= 0.3 is 5.97 Å². The van der Waals surface area contributed by atoms with Gasteiger partial charge < -0.3 is 10.0 Å². The molecule has 1 aliphatic rings. The van der Waals surface area contributed by atoms with Gasteiger partial charge in [-0.25, -0.2) is 0 Å². The van der Waals surface area contributed by atoms with Crippen LogP contribution >= 0.6 is 0 Å². The monoisotopic (exact) mass is 289 g/mol. The van der Waals surface area contributed by atoms with Crippen molar-refractivity contribution in [3.05, 3.63) is 34.9 Å². The van der Waals surface area contributed by atoms with E-state index in [1.165, 1.54) is 0 Å². The molecule has 1 aliphatic heterocycles. The number of likely N-dealkylation sites (tertiary alicyclic amines) is 1. The third kappa shape index (κ3) is 2.94. The van der Waals surface area contributed by atoms with E-state index in [4.69, 9.17) is 0 Å². The summed E-state index contributed by atoms with van der Waals surface area (Å²) in [5.74, 6) is -0.716. The molecule has 1 N–H and O–H groups in total.